The molecular weight excluding hydrogens is 304 g/mol. The van der Waals surface area contributed by atoms with Gasteiger partial charge in [0.15, 0.2) is 0 Å². The Kier molecular flexibility index (Phi) is 3.88. The monoisotopic (exact) mass is 318 g/mol. The Morgan fingerprint density at radius 1 is 1.19 bits per heavy atom. The van der Waals surface area contributed by atoms with Gasteiger partial charge in [-0.1, -0.05) is 18.2 Å². The number of thioether (sulfide) groups is 1. The molecule has 0 bridgehead atoms. The summed E-state index contributed by atoms with van der Waals surface area (Å²) in [4.78, 5) is 21.0. The van der Waals surface area contributed by atoms with Crippen LogP contribution in [0.3, 0.4) is 0 Å². The number of hydrogen-bond acceptors (Lipinski definition) is 6. The lowest BCUT2D eigenvalue weighted by Crippen LogP contribution is -2.02. The zero-order valence-corrected chi connectivity index (χ0v) is 13.5. The number of carbonyl (C=O) groups excluding carboxylic acids is 1. The zero-order valence-electron chi connectivity index (χ0n) is 11.9. The largest absolute Gasteiger partial charge is 0.273 e. The second-order valence-corrected chi connectivity index (χ2v) is 7.19. The highest BCUT2D eigenvalue weighted by Gasteiger charge is 2.18. The Morgan fingerprint density at radius 3 is 2.71 bits per heavy atom. The Hall–Kier alpha value is -1.57. The Morgan fingerprint density at radius 2 is 1.95 bits per heavy atom. The molecule has 3 rings (SSSR count). The van der Waals surface area contributed by atoms with Crippen LogP contribution in [-0.2, 0) is 0 Å². The smallest absolute Gasteiger partial charge is 0.267 e. The average molecular weight is 318 g/mol. The summed E-state index contributed by atoms with van der Waals surface area (Å²) in [7, 11) is 3.70. The van der Waals surface area contributed by atoms with Gasteiger partial charge < -0.3 is 0 Å². The van der Waals surface area contributed by atoms with E-state index < -0.39 is 0 Å². The molecule has 0 N–H and O–H groups in total. The van der Waals surface area contributed by atoms with E-state index in [1.54, 1.807) is 4.31 Å². The Labute approximate surface area is 130 Å². The quantitative estimate of drug-likeness (QED) is 0.531. The van der Waals surface area contributed by atoms with Crippen molar-refractivity contribution < 1.29 is 4.79 Å². The lowest BCUT2D eigenvalue weighted by atomic mass is 10.4. The van der Waals surface area contributed by atoms with Crippen molar-refractivity contribution >= 4 is 45.0 Å². The summed E-state index contributed by atoms with van der Waals surface area (Å²) in [5.41, 5.74) is 2.65. The molecule has 0 saturated carbocycles. The number of rotatable bonds is 2. The summed E-state index contributed by atoms with van der Waals surface area (Å²) in [6.07, 6.45) is 0. The predicted octanol–water partition coefficient (Wildman–Crippen LogP) is 3.61. The van der Waals surface area contributed by atoms with Crippen molar-refractivity contribution in [3.63, 3.8) is 0 Å². The van der Waals surface area contributed by atoms with Crippen LogP contribution in [-0.4, -0.2) is 37.2 Å². The fourth-order valence-corrected chi connectivity index (χ4v) is 3.83. The van der Waals surface area contributed by atoms with Crippen LogP contribution < -0.4 is 0 Å². The normalized spacial score (nSPS) is 11.6. The highest BCUT2D eigenvalue weighted by atomic mass is 32.2. The third-order valence-corrected chi connectivity index (χ3v) is 4.70. The maximum absolute atomic E-state index is 12.1. The summed E-state index contributed by atoms with van der Waals surface area (Å²) in [6, 6.07) is 9.80. The maximum atomic E-state index is 12.1. The standard InChI is InChI=1S/C14H14N4OS2/c1-9-12(20-14(19)21-17(2)3)18-11-8-6-4-5-7-10(11)16-13(18)15-9/h4-8H,1-3H3. The van der Waals surface area contributed by atoms with E-state index in [1.165, 1.54) is 23.7 Å². The Balaban J connectivity index is 2.13. The van der Waals surface area contributed by atoms with Crippen molar-refractivity contribution in [2.24, 2.45) is 0 Å². The van der Waals surface area contributed by atoms with Crippen molar-refractivity contribution in [1.82, 2.24) is 18.7 Å². The van der Waals surface area contributed by atoms with E-state index in [2.05, 4.69) is 9.97 Å². The summed E-state index contributed by atoms with van der Waals surface area (Å²) >= 11 is 2.37. The molecule has 0 unspecified atom stereocenters. The topological polar surface area (TPSA) is 50.5 Å². The molecule has 0 atom stereocenters. The molecule has 0 saturated heterocycles. The van der Waals surface area contributed by atoms with Gasteiger partial charge in [0.05, 0.1) is 16.7 Å². The van der Waals surface area contributed by atoms with Crippen LogP contribution in [0.25, 0.3) is 16.8 Å². The van der Waals surface area contributed by atoms with Crippen LogP contribution in [0, 0.1) is 6.92 Å². The summed E-state index contributed by atoms with van der Waals surface area (Å²) < 4.78 is 3.74. The first kappa shape index (κ1) is 14.4. The van der Waals surface area contributed by atoms with Crippen molar-refractivity contribution in [2.75, 3.05) is 14.1 Å². The second-order valence-electron chi connectivity index (χ2n) is 4.69. The minimum atomic E-state index is 0.0135. The number of aryl methyl sites for hydroxylation is 1. The molecule has 2 aromatic heterocycles. The maximum Gasteiger partial charge on any atom is 0.267 e. The van der Waals surface area contributed by atoms with Crippen LogP contribution in [0.4, 0.5) is 4.79 Å². The fraction of sp³-hybridized carbons (Fsp3) is 0.214. The van der Waals surface area contributed by atoms with Gasteiger partial charge in [-0.3, -0.25) is 9.20 Å². The van der Waals surface area contributed by atoms with Crippen LogP contribution in [0.2, 0.25) is 0 Å². The van der Waals surface area contributed by atoms with E-state index in [9.17, 15) is 4.79 Å². The van der Waals surface area contributed by atoms with Crippen LogP contribution in [0.5, 0.6) is 0 Å². The van der Waals surface area contributed by atoms with Crippen molar-refractivity contribution in [1.29, 1.82) is 0 Å². The van der Waals surface area contributed by atoms with E-state index >= 15 is 0 Å². The summed E-state index contributed by atoms with van der Waals surface area (Å²) in [5, 5.41) is 0.832. The number of carbonyl (C=O) groups is 1. The molecule has 0 spiro atoms. The lowest BCUT2D eigenvalue weighted by Gasteiger charge is -2.06. The minimum Gasteiger partial charge on any atom is -0.273 e. The van der Waals surface area contributed by atoms with Gasteiger partial charge in [0.1, 0.15) is 5.03 Å². The van der Waals surface area contributed by atoms with Crippen molar-refractivity contribution in [2.45, 2.75) is 11.9 Å². The first-order valence-corrected chi connectivity index (χ1v) is 7.96. The molecule has 7 heteroatoms. The average Bonchev–Trinajstić information content (AvgIpc) is 2.75. The molecule has 21 heavy (non-hydrogen) atoms. The number of nitrogens with zero attached hydrogens (tertiary/aromatic N) is 4. The van der Waals surface area contributed by atoms with Gasteiger partial charge in [-0.25, -0.2) is 14.3 Å². The molecule has 0 radical (unpaired) electrons. The van der Waals surface area contributed by atoms with Gasteiger partial charge in [0, 0.05) is 11.9 Å². The van der Waals surface area contributed by atoms with Gasteiger partial charge in [0.2, 0.25) is 5.78 Å². The van der Waals surface area contributed by atoms with E-state index in [4.69, 9.17) is 0 Å². The Bertz CT molecular complexity index is 828. The number of imidazole rings is 2. The first-order valence-electron chi connectivity index (χ1n) is 6.37. The number of hydrogen-bond donors (Lipinski definition) is 0. The highest BCUT2D eigenvalue weighted by Crippen LogP contribution is 2.32. The predicted molar refractivity (Wildman–Crippen MR) is 87.8 cm³/mol. The second kappa shape index (κ2) is 5.67. The van der Waals surface area contributed by atoms with Gasteiger partial charge >= 0.3 is 0 Å². The zero-order chi connectivity index (χ0) is 15.0. The summed E-state index contributed by atoms with van der Waals surface area (Å²) in [6.45, 7) is 1.90. The molecule has 0 amide bonds. The van der Waals surface area contributed by atoms with Crippen LogP contribution in [0.1, 0.15) is 5.69 Å². The molecule has 0 aliphatic rings. The molecule has 0 aliphatic heterocycles. The summed E-state index contributed by atoms with van der Waals surface area (Å²) in [5.74, 6) is 0.638. The third-order valence-electron chi connectivity index (χ3n) is 2.87. The molecule has 2 heterocycles. The molecule has 5 nitrogen and oxygen atoms in total. The van der Waals surface area contributed by atoms with Crippen molar-refractivity contribution in [3.8, 4) is 0 Å². The fourth-order valence-electron chi connectivity index (χ4n) is 2.08. The highest BCUT2D eigenvalue weighted by molar-refractivity contribution is 8.37. The molecule has 0 aliphatic carbocycles. The van der Waals surface area contributed by atoms with E-state index in [0.717, 1.165) is 21.8 Å². The number of aromatic nitrogens is 3. The number of fused-ring (bicyclic) bond motifs is 3. The SMILES string of the molecule is Cc1nc2nc3cccccc3n2c1SC(=O)SN(C)C. The minimum absolute atomic E-state index is 0.0135. The van der Waals surface area contributed by atoms with Gasteiger partial charge in [0.25, 0.3) is 4.45 Å². The van der Waals surface area contributed by atoms with Gasteiger partial charge in [-0.2, -0.15) is 0 Å². The van der Waals surface area contributed by atoms with E-state index in [-0.39, 0.29) is 4.45 Å². The molecule has 0 fully saturated rings. The molecule has 108 valence electrons. The lowest BCUT2D eigenvalue weighted by molar-refractivity contribution is 0.276. The van der Waals surface area contributed by atoms with Gasteiger partial charge in [-0.15, -0.1) is 0 Å². The molecule has 1 aromatic carbocycles. The molecular formula is C14H14N4OS2. The van der Waals surface area contributed by atoms with Crippen LogP contribution >= 0.6 is 23.7 Å². The van der Waals surface area contributed by atoms with E-state index in [0.29, 0.717) is 5.78 Å². The first-order chi connectivity index (χ1) is 10.1. The third kappa shape index (κ3) is 2.76. The van der Waals surface area contributed by atoms with Crippen molar-refractivity contribution in [3.05, 3.63) is 36.0 Å². The van der Waals surface area contributed by atoms with E-state index in [1.807, 2.05) is 55.8 Å². The van der Waals surface area contributed by atoms with Gasteiger partial charge in [-0.05, 0) is 44.9 Å². The van der Waals surface area contributed by atoms with Crippen LogP contribution in [0.15, 0.2) is 35.4 Å². The molecule has 3 aromatic rings.